The maximum atomic E-state index is 11.1. The number of halogens is 1. The molecule has 2 atom stereocenters. The summed E-state index contributed by atoms with van der Waals surface area (Å²) in [6.07, 6.45) is 0. The van der Waals surface area contributed by atoms with Gasteiger partial charge in [0, 0.05) is 30.2 Å². The van der Waals surface area contributed by atoms with Crippen LogP contribution in [0.4, 0.5) is 0 Å². The molecule has 0 bridgehead atoms. The number of nitrogens with zero attached hydrogens (tertiary/aromatic N) is 1. The first-order valence-corrected chi connectivity index (χ1v) is 6.67. The number of carbonyl (C=O) groups is 1. The summed E-state index contributed by atoms with van der Waals surface area (Å²) in [5.74, 6) is -0.112. The zero-order valence-electron chi connectivity index (χ0n) is 11.1. The Kier molecular flexibility index (Phi) is 4.32. The lowest BCUT2D eigenvalue weighted by Crippen LogP contribution is -2.23. The molecule has 1 fully saturated rings. The predicted octanol–water partition coefficient (Wildman–Crippen LogP) is 2.50. The number of carboxylic acids is 1. The summed E-state index contributed by atoms with van der Waals surface area (Å²) in [4.78, 5) is 13.2. The minimum Gasteiger partial charge on any atom is -0.496 e. The number of rotatable bonds is 4. The molecule has 1 aromatic carbocycles. The van der Waals surface area contributed by atoms with Gasteiger partial charge in [-0.3, -0.25) is 9.69 Å². The molecule has 2 rings (SSSR count). The highest BCUT2D eigenvalue weighted by molar-refractivity contribution is 6.31. The van der Waals surface area contributed by atoms with Crippen molar-refractivity contribution in [3.05, 3.63) is 28.8 Å². The van der Waals surface area contributed by atoms with Crippen molar-refractivity contribution in [1.82, 2.24) is 4.90 Å². The van der Waals surface area contributed by atoms with E-state index in [0.29, 0.717) is 18.1 Å². The van der Waals surface area contributed by atoms with E-state index >= 15 is 0 Å². The zero-order valence-corrected chi connectivity index (χ0v) is 11.9. The average molecular weight is 284 g/mol. The van der Waals surface area contributed by atoms with E-state index in [0.717, 1.165) is 17.9 Å². The van der Waals surface area contributed by atoms with Crippen molar-refractivity contribution in [3.63, 3.8) is 0 Å². The van der Waals surface area contributed by atoms with Gasteiger partial charge in [-0.2, -0.15) is 0 Å². The normalized spacial score (nSPS) is 23.5. The minimum absolute atomic E-state index is 0.158. The molecule has 1 heterocycles. The van der Waals surface area contributed by atoms with Crippen LogP contribution in [-0.4, -0.2) is 36.2 Å². The molecule has 0 saturated carbocycles. The standard InChI is InChI=1S/C14H18ClNO3/c1-9-6-16(7-10(9)14(17)18)8-11-12(15)4-3-5-13(11)19-2/h3-5,9-10H,6-8H2,1-2H3,(H,17,18)/t9-,10-/m1/s1. The van der Waals surface area contributed by atoms with Crippen LogP contribution >= 0.6 is 11.6 Å². The van der Waals surface area contributed by atoms with Crippen molar-refractivity contribution in [2.24, 2.45) is 11.8 Å². The maximum absolute atomic E-state index is 11.1. The van der Waals surface area contributed by atoms with Crippen LogP contribution in [0.5, 0.6) is 5.75 Å². The molecule has 0 aromatic heterocycles. The van der Waals surface area contributed by atoms with E-state index in [1.165, 1.54) is 0 Å². The fourth-order valence-corrected chi connectivity index (χ4v) is 2.85. The summed E-state index contributed by atoms with van der Waals surface area (Å²) in [6.45, 7) is 3.93. The van der Waals surface area contributed by atoms with Gasteiger partial charge in [-0.05, 0) is 18.1 Å². The smallest absolute Gasteiger partial charge is 0.308 e. The van der Waals surface area contributed by atoms with E-state index in [9.17, 15) is 4.79 Å². The lowest BCUT2D eigenvalue weighted by atomic mass is 9.99. The van der Waals surface area contributed by atoms with E-state index in [2.05, 4.69) is 4.90 Å². The van der Waals surface area contributed by atoms with E-state index in [1.54, 1.807) is 7.11 Å². The van der Waals surface area contributed by atoms with Gasteiger partial charge < -0.3 is 9.84 Å². The summed E-state index contributed by atoms with van der Waals surface area (Å²) in [5, 5.41) is 9.80. The Morgan fingerprint density at radius 1 is 1.53 bits per heavy atom. The molecule has 1 aliphatic heterocycles. The Hall–Kier alpha value is -1.26. The van der Waals surface area contributed by atoms with Gasteiger partial charge in [0.2, 0.25) is 0 Å². The summed E-state index contributed by atoms with van der Waals surface area (Å²) in [7, 11) is 1.61. The first-order valence-electron chi connectivity index (χ1n) is 6.29. The molecular formula is C14H18ClNO3. The third-order valence-corrected chi connectivity index (χ3v) is 4.04. The number of hydrogen-bond donors (Lipinski definition) is 1. The van der Waals surface area contributed by atoms with Gasteiger partial charge in [-0.15, -0.1) is 0 Å². The van der Waals surface area contributed by atoms with E-state index < -0.39 is 5.97 Å². The number of methoxy groups -OCH3 is 1. The second-order valence-electron chi connectivity index (χ2n) is 5.04. The third-order valence-electron chi connectivity index (χ3n) is 3.68. The zero-order chi connectivity index (χ0) is 14.0. The first-order chi connectivity index (χ1) is 9.02. The van der Waals surface area contributed by atoms with E-state index in [1.807, 2.05) is 25.1 Å². The molecular weight excluding hydrogens is 266 g/mol. The van der Waals surface area contributed by atoms with Crippen LogP contribution in [0.25, 0.3) is 0 Å². The molecule has 104 valence electrons. The Balaban J connectivity index is 2.13. The molecule has 4 nitrogen and oxygen atoms in total. The van der Waals surface area contributed by atoms with Gasteiger partial charge in [0.1, 0.15) is 5.75 Å². The first kappa shape index (κ1) is 14.2. The lowest BCUT2D eigenvalue weighted by Gasteiger charge is -2.18. The molecule has 1 N–H and O–H groups in total. The Morgan fingerprint density at radius 3 is 2.84 bits per heavy atom. The highest BCUT2D eigenvalue weighted by Gasteiger charge is 2.35. The molecule has 0 spiro atoms. The van der Waals surface area contributed by atoms with E-state index in [-0.39, 0.29) is 11.8 Å². The number of ether oxygens (including phenoxy) is 1. The number of hydrogen-bond acceptors (Lipinski definition) is 3. The van der Waals surface area contributed by atoms with Crippen LogP contribution in [0.1, 0.15) is 12.5 Å². The van der Waals surface area contributed by atoms with Crippen molar-refractivity contribution in [1.29, 1.82) is 0 Å². The lowest BCUT2D eigenvalue weighted by molar-refractivity contribution is -0.142. The average Bonchev–Trinajstić information content (AvgIpc) is 2.73. The van der Waals surface area contributed by atoms with Crippen LogP contribution in [0.2, 0.25) is 5.02 Å². The van der Waals surface area contributed by atoms with Gasteiger partial charge in [0.05, 0.1) is 13.0 Å². The maximum Gasteiger partial charge on any atom is 0.308 e. The minimum atomic E-state index is -0.721. The molecule has 5 heteroatoms. The number of aliphatic carboxylic acids is 1. The van der Waals surface area contributed by atoms with Crippen molar-refractivity contribution in [2.75, 3.05) is 20.2 Å². The quantitative estimate of drug-likeness (QED) is 0.922. The fraction of sp³-hybridized carbons (Fsp3) is 0.500. The van der Waals surface area contributed by atoms with Crippen molar-refractivity contribution < 1.29 is 14.6 Å². The van der Waals surface area contributed by atoms with Crippen LogP contribution in [-0.2, 0) is 11.3 Å². The number of carboxylic acid groups (broad SMARTS) is 1. The summed E-state index contributed by atoms with van der Waals surface area (Å²) in [5.41, 5.74) is 0.921. The highest BCUT2D eigenvalue weighted by atomic mass is 35.5. The van der Waals surface area contributed by atoms with Gasteiger partial charge in [0.15, 0.2) is 0 Å². The molecule has 1 aromatic rings. The third kappa shape index (κ3) is 3.01. The predicted molar refractivity (Wildman–Crippen MR) is 73.6 cm³/mol. The van der Waals surface area contributed by atoms with Gasteiger partial charge in [-0.1, -0.05) is 24.6 Å². The SMILES string of the molecule is COc1cccc(Cl)c1CN1C[C@@H](C)[C@H](C(=O)O)C1. The molecule has 1 saturated heterocycles. The fourth-order valence-electron chi connectivity index (χ4n) is 2.62. The molecule has 1 aliphatic rings. The van der Waals surface area contributed by atoms with Gasteiger partial charge in [0.25, 0.3) is 0 Å². The topological polar surface area (TPSA) is 49.8 Å². The monoisotopic (exact) mass is 283 g/mol. The summed E-state index contributed by atoms with van der Waals surface area (Å²) >= 11 is 6.20. The number of benzene rings is 1. The Bertz CT molecular complexity index is 478. The van der Waals surface area contributed by atoms with Crippen molar-refractivity contribution in [3.8, 4) is 5.75 Å². The Morgan fingerprint density at radius 2 is 2.26 bits per heavy atom. The van der Waals surface area contributed by atoms with Gasteiger partial charge >= 0.3 is 5.97 Å². The second-order valence-corrected chi connectivity index (χ2v) is 5.44. The van der Waals surface area contributed by atoms with Crippen molar-refractivity contribution >= 4 is 17.6 Å². The van der Waals surface area contributed by atoms with Crippen LogP contribution < -0.4 is 4.74 Å². The molecule has 0 unspecified atom stereocenters. The van der Waals surface area contributed by atoms with Crippen molar-refractivity contribution in [2.45, 2.75) is 13.5 Å². The molecule has 0 aliphatic carbocycles. The van der Waals surface area contributed by atoms with Crippen LogP contribution in [0.3, 0.4) is 0 Å². The van der Waals surface area contributed by atoms with Crippen LogP contribution in [0.15, 0.2) is 18.2 Å². The van der Waals surface area contributed by atoms with E-state index in [4.69, 9.17) is 21.4 Å². The van der Waals surface area contributed by atoms with Crippen LogP contribution in [0, 0.1) is 11.8 Å². The molecule has 0 radical (unpaired) electrons. The molecule has 0 amide bonds. The second kappa shape index (κ2) is 5.80. The highest BCUT2D eigenvalue weighted by Crippen LogP contribution is 2.31. The Labute approximate surface area is 117 Å². The number of likely N-dealkylation sites (tertiary alicyclic amines) is 1. The summed E-state index contributed by atoms with van der Waals surface area (Å²) in [6, 6.07) is 5.54. The largest absolute Gasteiger partial charge is 0.496 e. The molecule has 19 heavy (non-hydrogen) atoms. The van der Waals surface area contributed by atoms with Gasteiger partial charge in [-0.25, -0.2) is 0 Å². The summed E-state index contributed by atoms with van der Waals surface area (Å²) < 4.78 is 5.31.